The zero-order valence-electron chi connectivity index (χ0n) is 7.19. The van der Waals surface area contributed by atoms with Crippen molar-refractivity contribution in [3.05, 3.63) is 29.8 Å². The van der Waals surface area contributed by atoms with Crippen LogP contribution < -0.4 is 5.32 Å². The van der Waals surface area contributed by atoms with Crippen LogP contribution in [-0.4, -0.2) is 17.0 Å². The van der Waals surface area contributed by atoms with Gasteiger partial charge in [0, 0.05) is 18.6 Å². The van der Waals surface area contributed by atoms with Crippen LogP contribution in [0, 0.1) is 0 Å². The number of aromatic nitrogens is 2. The summed E-state index contributed by atoms with van der Waals surface area (Å²) >= 11 is 1.59. The monoisotopic (exact) mass is 191 g/mol. The fraction of sp³-hybridized carbons (Fsp3) is 0.111. The first-order valence-electron chi connectivity index (χ1n) is 3.95. The Kier molecular flexibility index (Phi) is 2.23. The molecule has 1 N–H and O–H groups in total. The fourth-order valence-electron chi connectivity index (χ4n) is 0.995. The fourth-order valence-corrected chi connectivity index (χ4v) is 1.78. The Morgan fingerprint density at radius 1 is 1.38 bits per heavy atom. The van der Waals surface area contributed by atoms with Crippen molar-refractivity contribution in [1.82, 2.24) is 9.97 Å². The van der Waals surface area contributed by atoms with E-state index in [9.17, 15) is 0 Å². The van der Waals surface area contributed by atoms with E-state index >= 15 is 0 Å². The van der Waals surface area contributed by atoms with E-state index in [1.54, 1.807) is 17.5 Å². The van der Waals surface area contributed by atoms with Crippen molar-refractivity contribution in [2.45, 2.75) is 0 Å². The normalized spacial score (nSPS) is 9.92. The van der Waals surface area contributed by atoms with Crippen LogP contribution in [0.1, 0.15) is 0 Å². The predicted molar refractivity (Wildman–Crippen MR) is 54.9 cm³/mol. The summed E-state index contributed by atoms with van der Waals surface area (Å²) in [4.78, 5) is 8.56. The highest BCUT2D eigenvalue weighted by Crippen LogP contribution is 2.23. The summed E-state index contributed by atoms with van der Waals surface area (Å²) in [5.74, 6) is 0.894. The van der Waals surface area contributed by atoms with E-state index in [1.165, 1.54) is 0 Å². The number of anilines is 1. The minimum atomic E-state index is 0.894. The summed E-state index contributed by atoms with van der Waals surface area (Å²) in [6.45, 7) is 0. The summed E-state index contributed by atoms with van der Waals surface area (Å²) in [6.07, 6.45) is 1.77. The van der Waals surface area contributed by atoms with E-state index in [-0.39, 0.29) is 0 Å². The van der Waals surface area contributed by atoms with Gasteiger partial charge in [-0.15, -0.1) is 11.3 Å². The number of rotatable bonds is 2. The lowest BCUT2D eigenvalue weighted by atomic mass is 10.4. The Hall–Kier alpha value is -1.42. The van der Waals surface area contributed by atoms with E-state index in [2.05, 4.69) is 15.3 Å². The highest BCUT2D eigenvalue weighted by Gasteiger charge is 2.02. The molecule has 0 aliphatic carbocycles. The van der Waals surface area contributed by atoms with Gasteiger partial charge in [-0.05, 0) is 12.1 Å². The molecule has 0 bridgehead atoms. The van der Waals surface area contributed by atoms with Crippen LogP contribution in [0.3, 0.4) is 0 Å². The molecule has 0 unspecified atom stereocenters. The number of nitrogens with zero attached hydrogens (tertiary/aromatic N) is 2. The van der Waals surface area contributed by atoms with Gasteiger partial charge in [0.15, 0.2) is 0 Å². The van der Waals surface area contributed by atoms with Gasteiger partial charge in [-0.1, -0.05) is 6.07 Å². The van der Waals surface area contributed by atoms with Crippen molar-refractivity contribution >= 4 is 17.2 Å². The smallest absolute Gasteiger partial charge is 0.144 e. The summed E-state index contributed by atoms with van der Waals surface area (Å²) in [7, 11) is 1.86. The Bertz CT molecular complexity index is 383. The Morgan fingerprint density at radius 2 is 2.31 bits per heavy atom. The molecule has 0 radical (unpaired) electrons. The molecule has 0 fully saturated rings. The second-order valence-corrected chi connectivity index (χ2v) is 3.36. The van der Waals surface area contributed by atoms with E-state index in [4.69, 9.17) is 0 Å². The molecule has 2 aromatic heterocycles. The third-order valence-corrected chi connectivity index (χ3v) is 2.51. The van der Waals surface area contributed by atoms with Crippen LogP contribution >= 0.6 is 11.3 Å². The van der Waals surface area contributed by atoms with Gasteiger partial charge in [0.1, 0.15) is 10.8 Å². The standard InChI is InChI=1S/C9H9N3S/c1-10-8-6-13-9(12-8)7-4-2-3-5-11-7/h2-6,10H,1H3. The van der Waals surface area contributed by atoms with Crippen molar-refractivity contribution in [1.29, 1.82) is 0 Å². The van der Waals surface area contributed by atoms with Gasteiger partial charge < -0.3 is 5.32 Å². The SMILES string of the molecule is CNc1csc(-c2ccccn2)n1. The lowest BCUT2D eigenvalue weighted by Gasteiger charge is -1.92. The van der Waals surface area contributed by atoms with E-state index in [1.807, 2.05) is 30.6 Å². The number of thiazole rings is 1. The molecule has 0 aliphatic heterocycles. The highest BCUT2D eigenvalue weighted by molar-refractivity contribution is 7.13. The first-order chi connectivity index (χ1) is 6.40. The molecular formula is C9H9N3S. The first-order valence-corrected chi connectivity index (χ1v) is 4.83. The van der Waals surface area contributed by atoms with Crippen LogP contribution in [0.5, 0.6) is 0 Å². The maximum Gasteiger partial charge on any atom is 0.144 e. The molecule has 66 valence electrons. The summed E-state index contributed by atoms with van der Waals surface area (Å²) < 4.78 is 0. The van der Waals surface area contributed by atoms with Gasteiger partial charge in [0.2, 0.25) is 0 Å². The number of hydrogen-bond donors (Lipinski definition) is 1. The summed E-state index contributed by atoms with van der Waals surface area (Å²) in [5, 5.41) is 5.91. The predicted octanol–water partition coefficient (Wildman–Crippen LogP) is 2.25. The zero-order valence-corrected chi connectivity index (χ0v) is 8.01. The number of pyridine rings is 1. The van der Waals surface area contributed by atoms with Gasteiger partial charge >= 0.3 is 0 Å². The molecule has 4 heteroatoms. The number of hydrogen-bond acceptors (Lipinski definition) is 4. The molecule has 0 atom stereocenters. The summed E-state index contributed by atoms with van der Waals surface area (Å²) in [6, 6.07) is 5.82. The minimum Gasteiger partial charge on any atom is -0.372 e. The average Bonchev–Trinajstić information content (AvgIpc) is 2.67. The van der Waals surface area contributed by atoms with Crippen LogP contribution in [0.25, 0.3) is 10.7 Å². The van der Waals surface area contributed by atoms with E-state index in [0.717, 1.165) is 16.5 Å². The van der Waals surface area contributed by atoms with Crippen molar-refractivity contribution in [2.75, 3.05) is 12.4 Å². The molecular weight excluding hydrogens is 182 g/mol. The zero-order chi connectivity index (χ0) is 9.10. The molecule has 0 spiro atoms. The molecule has 0 amide bonds. The molecule has 2 aromatic rings. The quantitative estimate of drug-likeness (QED) is 0.791. The van der Waals surface area contributed by atoms with Gasteiger partial charge in [-0.2, -0.15) is 0 Å². The van der Waals surface area contributed by atoms with E-state index < -0.39 is 0 Å². The topological polar surface area (TPSA) is 37.8 Å². The van der Waals surface area contributed by atoms with Gasteiger partial charge in [0.05, 0.1) is 5.69 Å². The van der Waals surface area contributed by atoms with Crippen LogP contribution in [0.15, 0.2) is 29.8 Å². The molecule has 3 nitrogen and oxygen atoms in total. The molecule has 2 rings (SSSR count). The van der Waals surface area contributed by atoms with Crippen LogP contribution in [0.2, 0.25) is 0 Å². The van der Waals surface area contributed by atoms with Crippen molar-refractivity contribution in [3.63, 3.8) is 0 Å². The molecule has 0 saturated carbocycles. The lowest BCUT2D eigenvalue weighted by molar-refractivity contribution is 1.28. The maximum absolute atomic E-state index is 4.34. The maximum atomic E-state index is 4.34. The molecule has 13 heavy (non-hydrogen) atoms. The van der Waals surface area contributed by atoms with Crippen LogP contribution in [0.4, 0.5) is 5.82 Å². The second-order valence-electron chi connectivity index (χ2n) is 2.50. The Labute approximate surface area is 80.5 Å². The second kappa shape index (κ2) is 3.53. The Balaban J connectivity index is 2.36. The van der Waals surface area contributed by atoms with Crippen molar-refractivity contribution in [2.24, 2.45) is 0 Å². The summed E-state index contributed by atoms with van der Waals surface area (Å²) in [5.41, 5.74) is 0.925. The molecule has 0 aromatic carbocycles. The average molecular weight is 191 g/mol. The van der Waals surface area contributed by atoms with Gasteiger partial charge in [-0.3, -0.25) is 4.98 Å². The third-order valence-electron chi connectivity index (χ3n) is 1.64. The van der Waals surface area contributed by atoms with Crippen molar-refractivity contribution < 1.29 is 0 Å². The van der Waals surface area contributed by atoms with Crippen molar-refractivity contribution in [3.8, 4) is 10.7 Å². The molecule has 0 aliphatic rings. The number of nitrogens with one attached hydrogen (secondary N) is 1. The lowest BCUT2D eigenvalue weighted by Crippen LogP contribution is -1.87. The minimum absolute atomic E-state index is 0.894. The van der Waals surface area contributed by atoms with Crippen LogP contribution in [-0.2, 0) is 0 Å². The van der Waals surface area contributed by atoms with Gasteiger partial charge in [0.25, 0.3) is 0 Å². The third kappa shape index (κ3) is 1.67. The van der Waals surface area contributed by atoms with E-state index in [0.29, 0.717) is 0 Å². The largest absolute Gasteiger partial charge is 0.372 e. The highest BCUT2D eigenvalue weighted by atomic mass is 32.1. The molecule has 0 saturated heterocycles. The molecule has 2 heterocycles. The Morgan fingerprint density at radius 3 is 2.92 bits per heavy atom. The first kappa shape index (κ1) is 8.19. The van der Waals surface area contributed by atoms with Gasteiger partial charge in [-0.25, -0.2) is 4.98 Å².